The number of para-hydroxylation sites is 1. The van der Waals surface area contributed by atoms with Crippen molar-refractivity contribution in [3.05, 3.63) is 124 Å². The van der Waals surface area contributed by atoms with E-state index >= 15 is 0 Å². The third kappa shape index (κ3) is 7.38. The van der Waals surface area contributed by atoms with Crippen molar-refractivity contribution in [2.24, 2.45) is 0 Å². The van der Waals surface area contributed by atoms with Crippen LogP contribution in [-0.4, -0.2) is 66.3 Å². The van der Waals surface area contributed by atoms with Gasteiger partial charge in [-0.2, -0.15) is 0 Å². The predicted octanol–water partition coefficient (Wildman–Crippen LogP) is 6.06. The molecule has 0 aliphatic carbocycles. The fourth-order valence-corrected chi connectivity index (χ4v) is 7.18. The van der Waals surface area contributed by atoms with Crippen LogP contribution < -0.4 is 15.6 Å². The van der Waals surface area contributed by atoms with Crippen LogP contribution in [0.5, 0.6) is 0 Å². The fourth-order valence-electron chi connectivity index (χ4n) is 7.18. The molecule has 0 radical (unpaired) electrons. The van der Waals surface area contributed by atoms with E-state index in [4.69, 9.17) is 4.42 Å². The second-order valence-electron chi connectivity index (χ2n) is 14.7. The molecule has 9 nitrogen and oxygen atoms in total. The van der Waals surface area contributed by atoms with E-state index in [9.17, 15) is 19.2 Å². The Labute approximate surface area is 297 Å². The first-order valence-electron chi connectivity index (χ1n) is 17.8. The first-order chi connectivity index (χ1) is 24.5. The summed E-state index contributed by atoms with van der Waals surface area (Å²) in [6, 6.07) is 28.0. The van der Waals surface area contributed by atoms with E-state index in [1.54, 1.807) is 11.0 Å². The summed E-state index contributed by atoms with van der Waals surface area (Å²) in [6.07, 6.45) is 1.77. The van der Waals surface area contributed by atoms with E-state index in [0.717, 1.165) is 46.1 Å². The van der Waals surface area contributed by atoms with Gasteiger partial charge in [0.15, 0.2) is 11.2 Å². The average molecular weight is 685 g/mol. The lowest BCUT2D eigenvalue weighted by atomic mass is 9.86. The third-order valence-corrected chi connectivity index (χ3v) is 10.1. The van der Waals surface area contributed by atoms with Crippen LogP contribution in [0.3, 0.4) is 0 Å². The minimum atomic E-state index is -0.886. The zero-order valence-electron chi connectivity index (χ0n) is 29.5. The maximum absolute atomic E-state index is 14.3. The van der Waals surface area contributed by atoms with Crippen LogP contribution in [0, 0.1) is 0 Å². The van der Waals surface area contributed by atoms with E-state index in [2.05, 4.69) is 43.1 Å². The molecular weight excluding hydrogens is 640 g/mol. The summed E-state index contributed by atoms with van der Waals surface area (Å²) in [6.45, 7) is 9.75. The number of benzene rings is 4. The number of rotatable bonds is 8. The third-order valence-electron chi connectivity index (χ3n) is 10.1. The summed E-state index contributed by atoms with van der Waals surface area (Å²) >= 11 is 0. The van der Waals surface area contributed by atoms with E-state index in [0.29, 0.717) is 50.1 Å². The molecule has 0 bridgehead atoms. The zero-order valence-corrected chi connectivity index (χ0v) is 29.5. The number of carbonyl (C=O) groups excluding carboxylic acids is 3. The lowest BCUT2D eigenvalue weighted by Gasteiger charge is -2.38. The van der Waals surface area contributed by atoms with E-state index in [1.165, 1.54) is 6.07 Å². The molecule has 1 N–H and O–H groups in total. The molecule has 7 rings (SSSR count). The summed E-state index contributed by atoms with van der Waals surface area (Å²) in [7, 11) is 0. The average Bonchev–Trinajstić information content (AvgIpc) is 3.54. The van der Waals surface area contributed by atoms with Crippen molar-refractivity contribution in [2.45, 2.75) is 58.0 Å². The Hall–Kier alpha value is -5.44. The number of fused-ring (bicyclic) bond motifs is 2. The van der Waals surface area contributed by atoms with Gasteiger partial charge in [0.25, 0.3) is 5.91 Å². The highest BCUT2D eigenvalue weighted by Crippen LogP contribution is 2.27. The lowest BCUT2D eigenvalue weighted by Crippen LogP contribution is -2.55. The molecule has 51 heavy (non-hydrogen) atoms. The van der Waals surface area contributed by atoms with E-state index in [1.807, 2.05) is 71.6 Å². The topological polar surface area (TPSA) is 103 Å². The number of piperazine rings is 1. The number of carbonyl (C=O) groups is 3. The Morgan fingerprint density at radius 3 is 2.31 bits per heavy atom. The number of amides is 3. The van der Waals surface area contributed by atoms with E-state index in [-0.39, 0.29) is 34.8 Å². The summed E-state index contributed by atoms with van der Waals surface area (Å²) in [5.74, 6) is -0.746. The van der Waals surface area contributed by atoms with Crippen molar-refractivity contribution in [2.75, 3.05) is 37.6 Å². The van der Waals surface area contributed by atoms with Gasteiger partial charge in [-0.05, 0) is 57.5 Å². The highest BCUT2D eigenvalue weighted by molar-refractivity contribution is 5.97. The van der Waals surface area contributed by atoms with Crippen LogP contribution in [0.15, 0.2) is 100 Å². The molecule has 9 heteroatoms. The van der Waals surface area contributed by atoms with Gasteiger partial charge in [-0.1, -0.05) is 87.5 Å². The standard InChI is InChI=1S/C42H44N4O5/c1-42(2,3)32-16-17-37-33(25-32)36(47)26-38(51-37)40(49)43-34(24-28-14-15-29-9-4-5-10-30(29)23-28)41(50)45-21-19-44(20-22-45)35-12-7-6-11-31(35)27-46-18-8-13-39(46)48/h4-7,9-12,14-17,23,25-26,34H,8,13,18-22,24,27H2,1-3H3,(H,43,49)/t34-/m1/s1. The molecule has 4 aromatic carbocycles. The lowest BCUT2D eigenvalue weighted by molar-refractivity contribution is -0.133. The van der Waals surface area contributed by atoms with Crippen molar-refractivity contribution in [3.8, 4) is 0 Å². The number of hydrogen-bond donors (Lipinski definition) is 1. The van der Waals surface area contributed by atoms with Gasteiger partial charge in [-0.25, -0.2) is 0 Å². The molecule has 0 saturated carbocycles. The second kappa shape index (κ2) is 14.1. The van der Waals surface area contributed by atoms with Crippen LogP contribution in [0.1, 0.15) is 60.9 Å². The fraction of sp³-hybridized carbons (Fsp3) is 0.333. The maximum atomic E-state index is 14.3. The van der Waals surface area contributed by atoms with Gasteiger partial charge in [0.05, 0.1) is 5.39 Å². The molecule has 2 fully saturated rings. The molecule has 0 unspecified atom stereocenters. The second-order valence-corrected chi connectivity index (χ2v) is 14.7. The molecule has 2 saturated heterocycles. The zero-order chi connectivity index (χ0) is 35.7. The summed E-state index contributed by atoms with van der Waals surface area (Å²) in [4.78, 5) is 59.6. The van der Waals surface area contributed by atoms with Gasteiger partial charge in [-0.3, -0.25) is 19.2 Å². The first kappa shape index (κ1) is 34.0. The van der Waals surface area contributed by atoms with Crippen LogP contribution in [0.25, 0.3) is 21.7 Å². The molecule has 2 aliphatic heterocycles. The smallest absolute Gasteiger partial charge is 0.287 e. The monoisotopic (exact) mass is 684 g/mol. The summed E-state index contributed by atoms with van der Waals surface area (Å²) in [5, 5.41) is 5.48. The molecule has 3 heterocycles. The molecule has 2 aliphatic rings. The van der Waals surface area contributed by atoms with Crippen LogP contribution in [0.4, 0.5) is 5.69 Å². The molecule has 262 valence electrons. The Kier molecular flexibility index (Phi) is 9.38. The maximum Gasteiger partial charge on any atom is 0.287 e. The molecule has 5 aromatic rings. The van der Waals surface area contributed by atoms with Crippen molar-refractivity contribution < 1.29 is 18.8 Å². The predicted molar refractivity (Wildman–Crippen MR) is 200 cm³/mol. The van der Waals surface area contributed by atoms with Crippen molar-refractivity contribution in [3.63, 3.8) is 0 Å². The number of nitrogens with one attached hydrogen (secondary N) is 1. The van der Waals surface area contributed by atoms with Crippen LogP contribution >= 0.6 is 0 Å². The summed E-state index contributed by atoms with van der Waals surface area (Å²) < 4.78 is 5.97. The first-order valence-corrected chi connectivity index (χ1v) is 17.8. The van der Waals surface area contributed by atoms with Gasteiger partial charge in [0, 0.05) is 63.9 Å². The van der Waals surface area contributed by atoms with Crippen molar-refractivity contribution in [1.82, 2.24) is 15.1 Å². The Bertz CT molecular complexity index is 2180. The molecule has 3 amide bonds. The SMILES string of the molecule is CC(C)(C)c1ccc2oc(C(=O)N[C@H](Cc3ccc4ccccc4c3)C(=O)N3CCN(c4ccccc4CN4CCCC4=O)CC3)cc(=O)c2c1. The molecular formula is C42H44N4O5. The van der Waals surface area contributed by atoms with Crippen molar-refractivity contribution in [1.29, 1.82) is 0 Å². The number of likely N-dealkylation sites (tertiary alicyclic amines) is 1. The highest BCUT2D eigenvalue weighted by Gasteiger charge is 2.31. The molecule has 1 aromatic heterocycles. The minimum Gasteiger partial charge on any atom is -0.451 e. The molecule has 0 spiro atoms. The highest BCUT2D eigenvalue weighted by atomic mass is 16.3. The van der Waals surface area contributed by atoms with Crippen molar-refractivity contribution >= 4 is 45.2 Å². The molecule has 1 atom stereocenters. The van der Waals surface area contributed by atoms with Gasteiger partial charge in [-0.15, -0.1) is 0 Å². The minimum absolute atomic E-state index is 0.134. The van der Waals surface area contributed by atoms with Gasteiger partial charge in [0.1, 0.15) is 11.6 Å². The van der Waals surface area contributed by atoms with Crippen LogP contribution in [-0.2, 0) is 28.0 Å². The van der Waals surface area contributed by atoms with Gasteiger partial charge in [0.2, 0.25) is 11.8 Å². The van der Waals surface area contributed by atoms with Gasteiger partial charge >= 0.3 is 0 Å². The van der Waals surface area contributed by atoms with E-state index < -0.39 is 11.9 Å². The van der Waals surface area contributed by atoms with Gasteiger partial charge < -0.3 is 24.4 Å². The Balaban J connectivity index is 1.11. The normalized spacial score (nSPS) is 15.8. The number of hydrogen-bond acceptors (Lipinski definition) is 6. The quantitative estimate of drug-likeness (QED) is 0.213. The summed E-state index contributed by atoms with van der Waals surface area (Å²) in [5.41, 5.74) is 3.93. The van der Waals surface area contributed by atoms with Crippen LogP contribution in [0.2, 0.25) is 0 Å². The Morgan fingerprint density at radius 1 is 0.824 bits per heavy atom. The Morgan fingerprint density at radius 2 is 1.57 bits per heavy atom. The number of nitrogens with zero attached hydrogens (tertiary/aromatic N) is 3. The largest absolute Gasteiger partial charge is 0.451 e. The number of anilines is 1.